The molecular weight excluding hydrogens is 190 g/mol. The standard InChI is InChI=1S/C11H19N3O/c1-11(2,8-12)14(3)10-9(15-4)6-5-7-13-10/h5-7H,8,12H2,1-4H3. The van der Waals surface area contributed by atoms with E-state index < -0.39 is 0 Å². The van der Waals surface area contributed by atoms with Crippen LogP contribution in [0.3, 0.4) is 0 Å². The second-order valence-electron chi connectivity index (χ2n) is 4.10. The minimum absolute atomic E-state index is 0.137. The third-order valence-corrected chi connectivity index (χ3v) is 2.70. The van der Waals surface area contributed by atoms with E-state index in [9.17, 15) is 0 Å². The van der Waals surface area contributed by atoms with Crippen LogP contribution in [0.15, 0.2) is 18.3 Å². The first-order valence-corrected chi connectivity index (χ1v) is 4.96. The van der Waals surface area contributed by atoms with Gasteiger partial charge in [-0.3, -0.25) is 0 Å². The molecule has 1 aromatic heterocycles. The molecule has 84 valence electrons. The van der Waals surface area contributed by atoms with Crippen molar-refractivity contribution in [3.63, 3.8) is 0 Å². The largest absolute Gasteiger partial charge is 0.493 e. The van der Waals surface area contributed by atoms with E-state index in [1.807, 2.05) is 24.1 Å². The number of rotatable bonds is 4. The lowest BCUT2D eigenvalue weighted by molar-refractivity contribution is 0.405. The lowest BCUT2D eigenvalue weighted by atomic mass is 10.0. The van der Waals surface area contributed by atoms with Gasteiger partial charge < -0.3 is 15.4 Å². The minimum Gasteiger partial charge on any atom is -0.493 e. The Morgan fingerprint density at radius 2 is 2.20 bits per heavy atom. The monoisotopic (exact) mass is 209 g/mol. The summed E-state index contributed by atoms with van der Waals surface area (Å²) in [6.45, 7) is 4.70. The lowest BCUT2D eigenvalue weighted by Crippen LogP contribution is -2.47. The summed E-state index contributed by atoms with van der Waals surface area (Å²) in [5.41, 5.74) is 5.59. The number of likely N-dealkylation sites (N-methyl/N-ethyl adjacent to an activating group) is 1. The first kappa shape index (κ1) is 11.8. The Morgan fingerprint density at radius 3 is 2.73 bits per heavy atom. The number of methoxy groups -OCH3 is 1. The average molecular weight is 209 g/mol. The number of hydrogen-bond donors (Lipinski definition) is 1. The summed E-state index contributed by atoms with van der Waals surface area (Å²) in [6, 6.07) is 3.75. The van der Waals surface area contributed by atoms with Crippen LogP contribution >= 0.6 is 0 Å². The number of nitrogens with two attached hydrogens (primary N) is 1. The van der Waals surface area contributed by atoms with E-state index in [4.69, 9.17) is 10.5 Å². The molecule has 0 aliphatic carbocycles. The fourth-order valence-corrected chi connectivity index (χ4v) is 1.22. The highest BCUT2D eigenvalue weighted by Crippen LogP contribution is 2.28. The van der Waals surface area contributed by atoms with Crippen molar-refractivity contribution >= 4 is 5.82 Å². The van der Waals surface area contributed by atoms with Gasteiger partial charge in [0.15, 0.2) is 11.6 Å². The average Bonchev–Trinajstić information content (AvgIpc) is 2.28. The molecular formula is C11H19N3O. The highest BCUT2D eigenvalue weighted by Gasteiger charge is 2.24. The Kier molecular flexibility index (Phi) is 3.52. The van der Waals surface area contributed by atoms with Crippen LogP contribution in [0, 0.1) is 0 Å². The lowest BCUT2D eigenvalue weighted by Gasteiger charge is -2.36. The van der Waals surface area contributed by atoms with Gasteiger partial charge in [0.05, 0.1) is 7.11 Å². The number of nitrogens with zero attached hydrogens (tertiary/aromatic N) is 2. The summed E-state index contributed by atoms with van der Waals surface area (Å²) in [7, 11) is 3.61. The molecule has 0 fully saturated rings. The summed E-state index contributed by atoms with van der Waals surface area (Å²) < 4.78 is 5.26. The summed E-state index contributed by atoms with van der Waals surface area (Å²) in [5.74, 6) is 1.58. The zero-order valence-corrected chi connectivity index (χ0v) is 9.82. The Balaban J connectivity index is 3.05. The third-order valence-electron chi connectivity index (χ3n) is 2.70. The Hall–Kier alpha value is -1.29. The summed E-state index contributed by atoms with van der Waals surface area (Å²) >= 11 is 0. The molecule has 0 saturated carbocycles. The molecule has 0 atom stereocenters. The molecule has 15 heavy (non-hydrogen) atoms. The smallest absolute Gasteiger partial charge is 0.171 e. The predicted octanol–water partition coefficient (Wildman–Crippen LogP) is 1.26. The van der Waals surface area contributed by atoms with Gasteiger partial charge in [0.25, 0.3) is 0 Å². The van der Waals surface area contributed by atoms with Gasteiger partial charge in [0.2, 0.25) is 0 Å². The van der Waals surface area contributed by atoms with Crippen molar-refractivity contribution < 1.29 is 4.74 Å². The van der Waals surface area contributed by atoms with Gasteiger partial charge in [-0.05, 0) is 26.0 Å². The van der Waals surface area contributed by atoms with Crippen LogP contribution in [0.25, 0.3) is 0 Å². The summed E-state index contributed by atoms with van der Waals surface area (Å²) in [4.78, 5) is 6.34. The Labute approximate surface area is 91.1 Å². The van der Waals surface area contributed by atoms with Crippen LogP contribution in [0.4, 0.5) is 5.82 Å². The molecule has 0 unspecified atom stereocenters. The molecule has 1 heterocycles. The molecule has 0 bridgehead atoms. The number of hydrogen-bond acceptors (Lipinski definition) is 4. The van der Waals surface area contributed by atoms with E-state index in [-0.39, 0.29) is 5.54 Å². The van der Waals surface area contributed by atoms with Crippen molar-refractivity contribution in [1.82, 2.24) is 4.98 Å². The SMILES string of the molecule is COc1cccnc1N(C)C(C)(C)CN. The maximum absolute atomic E-state index is 5.73. The van der Waals surface area contributed by atoms with Crippen molar-refractivity contribution in [2.45, 2.75) is 19.4 Å². The normalized spacial score (nSPS) is 11.3. The van der Waals surface area contributed by atoms with Crippen molar-refractivity contribution in [2.75, 3.05) is 25.6 Å². The molecule has 4 nitrogen and oxygen atoms in total. The number of ether oxygens (including phenoxy) is 1. The highest BCUT2D eigenvalue weighted by atomic mass is 16.5. The van der Waals surface area contributed by atoms with E-state index in [1.165, 1.54) is 0 Å². The zero-order valence-electron chi connectivity index (χ0n) is 9.82. The molecule has 0 aromatic carbocycles. The maximum atomic E-state index is 5.73. The predicted molar refractivity (Wildman–Crippen MR) is 62.3 cm³/mol. The topological polar surface area (TPSA) is 51.4 Å². The van der Waals surface area contributed by atoms with Crippen molar-refractivity contribution in [3.05, 3.63) is 18.3 Å². The van der Waals surface area contributed by atoms with Crippen molar-refractivity contribution in [2.24, 2.45) is 5.73 Å². The van der Waals surface area contributed by atoms with Gasteiger partial charge in [0, 0.05) is 25.3 Å². The fourth-order valence-electron chi connectivity index (χ4n) is 1.22. The van der Waals surface area contributed by atoms with Crippen LogP contribution in [-0.2, 0) is 0 Å². The highest BCUT2D eigenvalue weighted by molar-refractivity contribution is 5.53. The van der Waals surface area contributed by atoms with Gasteiger partial charge >= 0.3 is 0 Å². The van der Waals surface area contributed by atoms with E-state index in [1.54, 1.807) is 13.3 Å². The molecule has 1 rings (SSSR count). The molecule has 0 spiro atoms. The first-order valence-electron chi connectivity index (χ1n) is 4.96. The number of aromatic nitrogens is 1. The second-order valence-corrected chi connectivity index (χ2v) is 4.10. The van der Waals surface area contributed by atoms with Crippen molar-refractivity contribution in [3.8, 4) is 5.75 Å². The molecule has 4 heteroatoms. The fraction of sp³-hybridized carbons (Fsp3) is 0.545. The Morgan fingerprint density at radius 1 is 1.53 bits per heavy atom. The summed E-state index contributed by atoms with van der Waals surface area (Å²) in [6.07, 6.45) is 1.75. The maximum Gasteiger partial charge on any atom is 0.171 e. The number of anilines is 1. The molecule has 0 aliphatic rings. The minimum atomic E-state index is -0.137. The third kappa shape index (κ3) is 2.39. The van der Waals surface area contributed by atoms with E-state index in [0.29, 0.717) is 6.54 Å². The van der Waals surface area contributed by atoms with Crippen LogP contribution in [0.1, 0.15) is 13.8 Å². The first-order chi connectivity index (χ1) is 7.03. The molecule has 0 radical (unpaired) electrons. The number of pyridine rings is 1. The molecule has 0 aliphatic heterocycles. The molecule has 2 N–H and O–H groups in total. The second kappa shape index (κ2) is 4.49. The van der Waals surface area contributed by atoms with Crippen molar-refractivity contribution in [1.29, 1.82) is 0 Å². The van der Waals surface area contributed by atoms with E-state index in [0.717, 1.165) is 11.6 Å². The van der Waals surface area contributed by atoms with Gasteiger partial charge in [-0.15, -0.1) is 0 Å². The Bertz CT molecular complexity index is 325. The zero-order chi connectivity index (χ0) is 11.5. The molecule has 1 aromatic rings. The van der Waals surface area contributed by atoms with Gasteiger partial charge in [-0.25, -0.2) is 4.98 Å². The van der Waals surface area contributed by atoms with E-state index in [2.05, 4.69) is 18.8 Å². The molecule has 0 saturated heterocycles. The van der Waals surface area contributed by atoms with Gasteiger partial charge in [-0.1, -0.05) is 0 Å². The van der Waals surface area contributed by atoms with E-state index >= 15 is 0 Å². The van der Waals surface area contributed by atoms with Gasteiger partial charge in [0.1, 0.15) is 0 Å². The summed E-state index contributed by atoms with van der Waals surface area (Å²) in [5, 5.41) is 0. The molecule has 0 amide bonds. The van der Waals surface area contributed by atoms with Crippen LogP contribution in [0.5, 0.6) is 5.75 Å². The van der Waals surface area contributed by atoms with Crippen LogP contribution in [-0.4, -0.2) is 31.2 Å². The van der Waals surface area contributed by atoms with Crippen LogP contribution in [0.2, 0.25) is 0 Å². The quantitative estimate of drug-likeness (QED) is 0.811. The van der Waals surface area contributed by atoms with Crippen LogP contribution < -0.4 is 15.4 Å². The van der Waals surface area contributed by atoms with Gasteiger partial charge in [-0.2, -0.15) is 0 Å².